The SMILES string of the molecule is CNC(C)c1ccc(C)cc1OCC(=O)NCCOC. The van der Waals surface area contributed by atoms with Crippen molar-refractivity contribution in [3.8, 4) is 5.75 Å². The molecule has 1 unspecified atom stereocenters. The van der Waals surface area contributed by atoms with Gasteiger partial charge in [-0.05, 0) is 32.5 Å². The molecule has 0 spiro atoms. The van der Waals surface area contributed by atoms with Gasteiger partial charge in [-0.1, -0.05) is 12.1 Å². The number of ether oxygens (including phenoxy) is 2. The number of carbonyl (C=O) groups excluding carboxylic acids is 1. The maximum absolute atomic E-state index is 11.6. The number of nitrogens with one attached hydrogen (secondary N) is 2. The van der Waals surface area contributed by atoms with E-state index in [0.29, 0.717) is 13.2 Å². The number of hydrogen-bond donors (Lipinski definition) is 2. The van der Waals surface area contributed by atoms with Gasteiger partial charge < -0.3 is 20.1 Å². The van der Waals surface area contributed by atoms with Gasteiger partial charge in [-0.3, -0.25) is 4.79 Å². The molecule has 1 aromatic carbocycles. The Labute approximate surface area is 120 Å². The fourth-order valence-corrected chi connectivity index (χ4v) is 1.77. The Balaban J connectivity index is 2.62. The summed E-state index contributed by atoms with van der Waals surface area (Å²) in [5.41, 5.74) is 2.15. The molecule has 2 N–H and O–H groups in total. The minimum absolute atomic E-state index is 0.0105. The number of hydrogen-bond acceptors (Lipinski definition) is 4. The van der Waals surface area contributed by atoms with Crippen molar-refractivity contribution < 1.29 is 14.3 Å². The van der Waals surface area contributed by atoms with E-state index in [9.17, 15) is 4.79 Å². The molecule has 1 amide bonds. The van der Waals surface area contributed by atoms with Crippen molar-refractivity contribution in [1.82, 2.24) is 10.6 Å². The van der Waals surface area contributed by atoms with Crippen molar-refractivity contribution in [1.29, 1.82) is 0 Å². The molecular formula is C15H24N2O3. The quantitative estimate of drug-likeness (QED) is 0.707. The van der Waals surface area contributed by atoms with Gasteiger partial charge in [0.05, 0.1) is 6.61 Å². The highest BCUT2D eigenvalue weighted by Crippen LogP contribution is 2.26. The van der Waals surface area contributed by atoms with Crippen LogP contribution in [0.1, 0.15) is 24.1 Å². The van der Waals surface area contributed by atoms with Gasteiger partial charge in [0.15, 0.2) is 6.61 Å². The van der Waals surface area contributed by atoms with Crippen LogP contribution in [0.3, 0.4) is 0 Å². The number of aryl methyl sites for hydroxylation is 1. The van der Waals surface area contributed by atoms with Crippen molar-refractivity contribution in [2.45, 2.75) is 19.9 Å². The first-order valence-electron chi connectivity index (χ1n) is 6.74. The molecule has 20 heavy (non-hydrogen) atoms. The van der Waals surface area contributed by atoms with Gasteiger partial charge in [0.2, 0.25) is 0 Å². The summed E-state index contributed by atoms with van der Waals surface area (Å²) < 4.78 is 10.5. The van der Waals surface area contributed by atoms with E-state index in [4.69, 9.17) is 9.47 Å². The Morgan fingerprint density at radius 1 is 1.40 bits per heavy atom. The summed E-state index contributed by atoms with van der Waals surface area (Å²) in [5, 5.41) is 5.90. The van der Waals surface area contributed by atoms with Gasteiger partial charge in [0.1, 0.15) is 5.75 Å². The molecule has 112 valence electrons. The lowest BCUT2D eigenvalue weighted by Gasteiger charge is -2.17. The van der Waals surface area contributed by atoms with Crippen LogP contribution in [-0.4, -0.2) is 39.8 Å². The third-order valence-corrected chi connectivity index (χ3v) is 3.06. The zero-order chi connectivity index (χ0) is 15.0. The van der Waals surface area contributed by atoms with Crippen molar-refractivity contribution in [2.24, 2.45) is 0 Å². The summed E-state index contributed by atoms with van der Waals surface area (Å²) in [4.78, 5) is 11.6. The second-order valence-corrected chi connectivity index (χ2v) is 4.68. The number of amides is 1. The summed E-state index contributed by atoms with van der Waals surface area (Å²) >= 11 is 0. The van der Waals surface area contributed by atoms with Crippen molar-refractivity contribution in [2.75, 3.05) is 33.9 Å². The lowest BCUT2D eigenvalue weighted by atomic mass is 10.1. The average molecular weight is 280 g/mol. The Morgan fingerprint density at radius 3 is 2.80 bits per heavy atom. The molecule has 1 rings (SSSR count). The minimum Gasteiger partial charge on any atom is -0.483 e. The monoisotopic (exact) mass is 280 g/mol. The fourth-order valence-electron chi connectivity index (χ4n) is 1.77. The van der Waals surface area contributed by atoms with Crippen LogP contribution in [0.5, 0.6) is 5.75 Å². The van der Waals surface area contributed by atoms with E-state index in [0.717, 1.165) is 16.9 Å². The van der Waals surface area contributed by atoms with E-state index < -0.39 is 0 Å². The molecule has 0 heterocycles. The molecule has 0 fully saturated rings. The highest BCUT2D eigenvalue weighted by molar-refractivity contribution is 5.77. The molecule has 0 saturated heterocycles. The van der Waals surface area contributed by atoms with Crippen LogP contribution >= 0.6 is 0 Å². The van der Waals surface area contributed by atoms with Gasteiger partial charge in [-0.2, -0.15) is 0 Å². The van der Waals surface area contributed by atoms with Crippen LogP contribution in [0.2, 0.25) is 0 Å². The van der Waals surface area contributed by atoms with E-state index in [1.54, 1.807) is 7.11 Å². The normalized spacial score (nSPS) is 12.0. The average Bonchev–Trinajstić information content (AvgIpc) is 2.44. The largest absolute Gasteiger partial charge is 0.483 e. The molecular weight excluding hydrogens is 256 g/mol. The van der Waals surface area contributed by atoms with Gasteiger partial charge in [0.25, 0.3) is 5.91 Å². The standard InChI is InChI=1S/C15H24N2O3/c1-11-5-6-13(12(2)16-3)14(9-11)20-10-15(18)17-7-8-19-4/h5-6,9,12,16H,7-8,10H2,1-4H3,(H,17,18). The molecule has 0 saturated carbocycles. The first-order valence-corrected chi connectivity index (χ1v) is 6.74. The van der Waals surface area contributed by atoms with Crippen molar-refractivity contribution >= 4 is 5.91 Å². The number of methoxy groups -OCH3 is 1. The van der Waals surface area contributed by atoms with Crippen LogP contribution in [0, 0.1) is 6.92 Å². The molecule has 5 nitrogen and oxygen atoms in total. The Hall–Kier alpha value is -1.59. The summed E-state index contributed by atoms with van der Waals surface area (Å²) in [6.07, 6.45) is 0. The number of rotatable bonds is 8. The van der Waals surface area contributed by atoms with Crippen LogP contribution in [0.25, 0.3) is 0 Å². The second-order valence-electron chi connectivity index (χ2n) is 4.68. The van der Waals surface area contributed by atoms with Crippen LogP contribution < -0.4 is 15.4 Å². The van der Waals surface area contributed by atoms with Gasteiger partial charge >= 0.3 is 0 Å². The maximum atomic E-state index is 11.6. The topological polar surface area (TPSA) is 59.6 Å². The summed E-state index contributed by atoms with van der Waals surface area (Å²) in [6, 6.07) is 6.18. The van der Waals surface area contributed by atoms with E-state index in [1.807, 2.05) is 32.2 Å². The first-order chi connectivity index (χ1) is 9.58. The zero-order valence-corrected chi connectivity index (χ0v) is 12.7. The van der Waals surface area contributed by atoms with Crippen LogP contribution in [-0.2, 0) is 9.53 Å². The molecule has 0 aliphatic carbocycles. The smallest absolute Gasteiger partial charge is 0.258 e. The molecule has 0 aliphatic heterocycles. The van der Waals surface area contributed by atoms with Crippen molar-refractivity contribution in [3.05, 3.63) is 29.3 Å². The third kappa shape index (κ3) is 5.19. The van der Waals surface area contributed by atoms with Gasteiger partial charge in [-0.15, -0.1) is 0 Å². The Bertz CT molecular complexity index is 435. The summed E-state index contributed by atoms with van der Waals surface area (Å²) in [6.45, 7) is 5.05. The maximum Gasteiger partial charge on any atom is 0.258 e. The molecule has 0 aromatic heterocycles. The molecule has 5 heteroatoms. The van der Waals surface area contributed by atoms with Gasteiger partial charge in [-0.25, -0.2) is 0 Å². The van der Waals surface area contributed by atoms with Gasteiger partial charge in [0, 0.05) is 25.3 Å². The number of carbonyl (C=O) groups is 1. The van der Waals surface area contributed by atoms with E-state index in [2.05, 4.69) is 17.6 Å². The predicted octanol–water partition coefficient (Wildman–Crippen LogP) is 1.42. The zero-order valence-electron chi connectivity index (χ0n) is 12.7. The first kappa shape index (κ1) is 16.5. The third-order valence-electron chi connectivity index (χ3n) is 3.06. The Kier molecular flexibility index (Phi) is 7.04. The summed E-state index contributed by atoms with van der Waals surface area (Å²) in [7, 11) is 3.49. The predicted molar refractivity (Wildman–Crippen MR) is 79.0 cm³/mol. The van der Waals surface area contributed by atoms with E-state index in [-0.39, 0.29) is 18.6 Å². The lowest BCUT2D eigenvalue weighted by Crippen LogP contribution is -2.31. The van der Waals surface area contributed by atoms with E-state index in [1.165, 1.54) is 0 Å². The van der Waals surface area contributed by atoms with Crippen LogP contribution in [0.4, 0.5) is 0 Å². The fraction of sp³-hybridized carbons (Fsp3) is 0.533. The second kappa shape index (κ2) is 8.55. The number of benzene rings is 1. The molecule has 0 radical (unpaired) electrons. The van der Waals surface area contributed by atoms with Crippen molar-refractivity contribution in [3.63, 3.8) is 0 Å². The highest BCUT2D eigenvalue weighted by atomic mass is 16.5. The molecule has 1 aromatic rings. The molecule has 0 aliphatic rings. The molecule has 0 bridgehead atoms. The lowest BCUT2D eigenvalue weighted by molar-refractivity contribution is -0.123. The summed E-state index contributed by atoms with van der Waals surface area (Å²) in [5.74, 6) is 0.598. The van der Waals surface area contributed by atoms with Crippen LogP contribution in [0.15, 0.2) is 18.2 Å². The Morgan fingerprint density at radius 2 is 2.15 bits per heavy atom. The van der Waals surface area contributed by atoms with E-state index >= 15 is 0 Å². The highest BCUT2D eigenvalue weighted by Gasteiger charge is 2.11. The molecule has 1 atom stereocenters. The minimum atomic E-state index is -0.147.